The van der Waals surface area contributed by atoms with Crippen molar-refractivity contribution >= 4 is 23.5 Å². The van der Waals surface area contributed by atoms with Crippen molar-refractivity contribution in [3.05, 3.63) is 53.6 Å². The molecule has 0 saturated heterocycles. The molecule has 2 aromatic carbocycles. The standard InChI is InChI=1S/C22H25NO7/c1-4-5-12-29-18-11-10-15(13-19(18)27-2)21(25)30-14-20(24)23-17-9-7-6-8-16(17)22(26)28-3/h6-11,13H,4-5,12,14H2,1-3H3,(H,23,24). The number of carbonyl (C=O) groups is 3. The zero-order chi connectivity index (χ0) is 21.9. The number of rotatable bonds is 10. The Hall–Kier alpha value is -3.55. The molecule has 0 bridgehead atoms. The average molecular weight is 415 g/mol. The van der Waals surface area contributed by atoms with E-state index < -0.39 is 24.5 Å². The SMILES string of the molecule is CCCCOc1ccc(C(=O)OCC(=O)Nc2ccccc2C(=O)OC)cc1OC. The highest BCUT2D eigenvalue weighted by Gasteiger charge is 2.16. The first-order chi connectivity index (χ1) is 14.5. The Morgan fingerprint density at radius 2 is 1.73 bits per heavy atom. The molecule has 0 aliphatic heterocycles. The highest BCUT2D eigenvalue weighted by atomic mass is 16.5. The molecule has 0 saturated carbocycles. The van der Waals surface area contributed by atoms with Crippen LogP contribution in [0.2, 0.25) is 0 Å². The quantitative estimate of drug-likeness (QED) is 0.468. The van der Waals surface area contributed by atoms with Crippen LogP contribution in [-0.4, -0.2) is 45.3 Å². The van der Waals surface area contributed by atoms with E-state index in [1.54, 1.807) is 24.3 Å². The molecule has 0 aromatic heterocycles. The van der Waals surface area contributed by atoms with Crippen molar-refractivity contribution in [2.45, 2.75) is 19.8 Å². The molecule has 8 heteroatoms. The number of esters is 2. The van der Waals surface area contributed by atoms with Crippen LogP contribution in [0.3, 0.4) is 0 Å². The van der Waals surface area contributed by atoms with E-state index in [-0.39, 0.29) is 16.8 Å². The number of benzene rings is 2. The third-order valence-corrected chi connectivity index (χ3v) is 4.10. The summed E-state index contributed by atoms with van der Waals surface area (Å²) in [6.07, 6.45) is 1.90. The fourth-order valence-corrected chi connectivity index (χ4v) is 2.52. The summed E-state index contributed by atoms with van der Waals surface area (Å²) < 4.78 is 20.6. The number of anilines is 1. The van der Waals surface area contributed by atoms with E-state index in [2.05, 4.69) is 17.0 Å². The van der Waals surface area contributed by atoms with Gasteiger partial charge in [0.1, 0.15) is 0 Å². The van der Waals surface area contributed by atoms with Crippen LogP contribution in [0.15, 0.2) is 42.5 Å². The molecular formula is C22H25NO7. The zero-order valence-electron chi connectivity index (χ0n) is 17.2. The van der Waals surface area contributed by atoms with Gasteiger partial charge in [-0.2, -0.15) is 0 Å². The predicted octanol–water partition coefficient (Wildman–Crippen LogP) is 3.46. The molecule has 160 valence electrons. The molecule has 0 aliphatic rings. The predicted molar refractivity (Wildman–Crippen MR) is 110 cm³/mol. The summed E-state index contributed by atoms with van der Waals surface area (Å²) in [5.74, 6) is -0.941. The molecule has 0 atom stereocenters. The van der Waals surface area contributed by atoms with Gasteiger partial charge in [0.15, 0.2) is 18.1 Å². The second-order valence-electron chi connectivity index (χ2n) is 6.23. The van der Waals surface area contributed by atoms with Gasteiger partial charge in [0.05, 0.1) is 37.6 Å². The van der Waals surface area contributed by atoms with Gasteiger partial charge in [0.2, 0.25) is 0 Å². The van der Waals surface area contributed by atoms with Crippen LogP contribution >= 0.6 is 0 Å². The van der Waals surface area contributed by atoms with E-state index in [0.717, 1.165) is 12.8 Å². The van der Waals surface area contributed by atoms with Crippen molar-refractivity contribution in [2.75, 3.05) is 32.8 Å². The zero-order valence-corrected chi connectivity index (χ0v) is 17.2. The van der Waals surface area contributed by atoms with Crippen LogP contribution in [0, 0.1) is 0 Å². The maximum atomic E-state index is 12.3. The summed E-state index contributed by atoms with van der Waals surface area (Å²) in [5.41, 5.74) is 0.682. The van der Waals surface area contributed by atoms with Gasteiger partial charge < -0.3 is 24.3 Å². The Bertz CT molecular complexity index is 895. The Kier molecular flexibility index (Phi) is 8.68. The first-order valence-electron chi connectivity index (χ1n) is 9.45. The van der Waals surface area contributed by atoms with Gasteiger partial charge in [0.25, 0.3) is 5.91 Å². The molecular weight excluding hydrogens is 390 g/mol. The number of methoxy groups -OCH3 is 2. The molecule has 0 aliphatic carbocycles. The molecule has 1 amide bonds. The van der Waals surface area contributed by atoms with Crippen LogP contribution in [0.1, 0.15) is 40.5 Å². The van der Waals surface area contributed by atoms with Gasteiger partial charge in [-0.3, -0.25) is 4.79 Å². The second-order valence-corrected chi connectivity index (χ2v) is 6.23. The Morgan fingerprint density at radius 1 is 0.967 bits per heavy atom. The molecule has 2 rings (SSSR count). The fraction of sp³-hybridized carbons (Fsp3) is 0.318. The fourth-order valence-electron chi connectivity index (χ4n) is 2.52. The third-order valence-electron chi connectivity index (χ3n) is 4.10. The number of carbonyl (C=O) groups excluding carboxylic acids is 3. The molecule has 0 heterocycles. The normalized spacial score (nSPS) is 10.1. The monoisotopic (exact) mass is 415 g/mol. The average Bonchev–Trinajstić information content (AvgIpc) is 2.77. The lowest BCUT2D eigenvalue weighted by molar-refractivity contribution is -0.119. The molecule has 8 nitrogen and oxygen atoms in total. The number of para-hydroxylation sites is 1. The smallest absolute Gasteiger partial charge is 0.339 e. The number of unbranched alkanes of at least 4 members (excludes halogenated alkanes) is 1. The highest BCUT2D eigenvalue weighted by molar-refractivity contribution is 6.02. The summed E-state index contributed by atoms with van der Waals surface area (Å²) in [6, 6.07) is 11.0. The minimum atomic E-state index is -0.690. The summed E-state index contributed by atoms with van der Waals surface area (Å²) in [4.78, 5) is 36.2. The van der Waals surface area contributed by atoms with E-state index in [1.807, 2.05) is 0 Å². The lowest BCUT2D eigenvalue weighted by atomic mass is 10.2. The van der Waals surface area contributed by atoms with Crippen molar-refractivity contribution in [2.24, 2.45) is 0 Å². The highest BCUT2D eigenvalue weighted by Crippen LogP contribution is 2.28. The van der Waals surface area contributed by atoms with Crippen molar-refractivity contribution in [3.63, 3.8) is 0 Å². The lowest BCUT2D eigenvalue weighted by Crippen LogP contribution is -2.22. The Morgan fingerprint density at radius 3 is 2.43 bits per heavy atom. The maximum Gasteiger partial charge on any atom is 0.339 e. The summed E-state index contributed by atoms with van der Waals surface area (Å²) in [5, 5.41) is 2.53. The van der Waals surface area contributed by atoms with Crippen LogP contribution in [0.4, 0.5) is 5.69 Å². The maximum absolute atomic E-state index is 12.3. The molecule has 30 heavy (non-hydrogen) atoms. The van der Waals surface area contributed by atoms with Crippen molar-refractivity contribution in [1.29, 1.82) is 0 Å². The first-order valence-corrected chi connectivity index (χ1v) is 9.45. The first kappa shape index (κ1) is 22.7. The van der Waals surface area contributed by atoms with E-state index >= 15 is 0 Å². The largest absolute Gasteiger partial charge is 0.493 e. The minimum absolute atomic E-state index is 0.197. The number of nitrogens with one attached hydrogen (secondary N) is 1. The van der Waals surface area contributed by atoms with Crippen molar-refractivity contribution < 1.29 is 33.3 Å². The molecule has 1 N–H and O–H groups in total. The van der Waals surface area contributed by atoms with Crippen LogP contribution in [-0.2, 0) is 14.3 Å². The van der Waals surface area contributed by atoms with Crippen LogP contribution < -0.4 is 14.8 Å². The van der Waals surface area contributed by atoms with Crippen molar-refractivity contribution in [3.8, 4) is 11.5 Å². The van der Waals surface area contributed by atoms with Gasteiger partial charge in [0, 0.05) is 0 Å². The Labute approximate surface area is 175 Å². The number of hydrogen-bond donors (Lipinski definition) is 1. The van der Waals surface area contributed by atoms with Gasteiger partial charge in [-0.15, -0.1) is 0 Å². The Balaban J connectivity index is 1.97. The van der Waals surface area contributed by atoms with Gasteiger partial charge in [-0.1, -0.05) is 25.5 Å². The van der Waals surface area contributed by atoms with E-state index in [0.29, 0.717) is 18.1 Å². The van der Waals surface area contributed by atoms with E-state index in [9.17, 15) is 14.4 Å². The number of hydrogen-bond acceptors (Lipinski definition) is 7. The van der Waals surface area contributed by atoms with E-state index in [1.165, 1.54) is 32.4 Å². The van der Waals surface area contributed by atoms with Crippen molar-refractivity contribution in [1.82, 2.24) is 0 Å². The third kappa shape index (κ3) is 6.23. The summed E-state index contributed by atoms with van der Waals surface area (Å²) >= 11 is 0. The molecule has 0 unspecified atom stereocenters. The van der Waals surface area contributed by atoms with Gasteiger partial charge >= 0.3 is 11.9 Å². The minimum Gasteiger partial charge on any atom is -0.493 e. The lowest BCUT2D eigenvalue weighted by Gasteiger charge is -2.12. The molecule has 0 radical (unpaired) electrons. The molecule has 0 fully saturated rings. The van der Waals surface area contributed by atoms with Gasteiger partial charge in [-0.05, 0) is 36.8 Å². The topological polar surface area (TPSA) is 100 Å². The van der Waals surface area contributed by atoms with Crippen LogP contribution in [0.25, 0.3) is 0 Å². The summed E-state index contributed by atoms with van der Waals surface area (Å²) in [6.45, 7) is 2.08. The number of ether oxygens (including phenoxy) is 4. The van der Waals surface area contributed by atoms with Gasteiger partial charge in [-0.25, -0.2) is 9.59 Å². The van der Waals surface area contributed by atoms with Crippen LogP contribution in [0.5, 0.6) is 11.5 Å². The summed E-state index contributed by atoms with van der Waals surface area (Å²) in [7, 11) is 2.72. The molecule has 2 aromatic rings. The number of amides is 1. The van der Waals surface area contributed by atoms with E-state index in [4.69, 9.17) is 14.2 Å². The molecule has 0 spiro atoms. The second kappa shape index (κ2) is 11.5.